The van der Waals surface area contributed by atoms with E-state index in [0.29, 0.717) is 13.0 Å². The molecule has 0 aromatic heterocycles. The number of rotatable bonds is 7. The first kappa shape index (κ1) is 21.5. The van der Waals surface area contributed by atoms with Gasteiger partial charge in [0.15, 0.2) is 0 Å². The molecule has 2 aromatic carbocycles. The Balaban J connectivity index is 2.42. The third-order valence-electron chi connectivity index (χ3n) is 4.03. The van der Waals surface area contributed by atoms with Gasteiger partial charge < -0.3 is 14.8 Å². The summed E-state index contributed by atoms with van der Waals surface area (Å²) in [6.45, 7) is 7.56. The Labute approximate surface area is 167 Å². The number of benzene rings is 2. The molecule has 0 saturated heterocycles. The summed E-state index contributed by atoms with van der Waals surface area (Å²) in [6.07, 6.45) is 0.0505. The normalized spacial score (nSPS) is 12.3. The molecule has 2 rings (SSSR count). The topological polar surface area (TPSA) is 64.6 Å². The molecule has 0 aliphatic heterocycles. The molecule has 0 spiro atoms. The standard InChI is InChI=1S/C23H29NO4/c1-5-16-27-21(25)20(24-22(26)28-23(2,3)4)19(17-12-8-6-9-13-17)18-14-10-7-11-15-18/h6-15,19-20H,5,16H2,1-4H3,(H,24,26). The van der Waals surface area contributed by atoms with Crippen molar-refractivity contribution in [2.45, 2.75) is 51.7 Å². The van der Waals surface area contributed by atoms with Gasteiger partial charge in [0, 0.05) is 5.92 Å². The molecule has 1 N–H and O–H groups in total. The summed E-state index contributed by atoms with van der Waals surface area (Å²) >= 11 is 0. The minimum atomic E-state index is -0.911. The second-order valence-electron chi connectivity index (χ2n) is 7.59. The van der Waals surface area contributed by atoms with E-state index in [0.717, 1.165) is 11.1 Å². The van der Waals surface area contributed by atoms with Gasteiger partial charge in [0.05, 0.1) is 6.61 Å². The first-order valence-electron chi connectivity index (χ1n) is 9.58. The van der Waals surface area contributed by atoms with Crippen LogP contribution in [0.2, 0.25) is 0 Å². The second kappa shape index (κ2) is 9.93. The van der Waals surface area contributed by atoms with Crippen molar-refractivity contribution >= 4 is 12.1 Å². The number of hydrogen-bond acceptors (Lipinski definition) is 4. The third kappa shape index (κ3) is 6.41. The van der Waals surface area contributed by atoms with Crippen LogP contribution in [0.1, 0.15) is 51.2 Å². The quantitative estimate of drug-likeness (QED) is 0.706. The smallest absolute Gasteiger partial charge is 0.408 e. The lowest BCUT2D eigenvalue weighted by molar-refractivity contribution is -0.146. The van der Waals surface area contributed by atoms with Crippen LogP contribution >= 0.6 is 0 Å². The zero-order valence-electron chi connectivity index (χ0n) is 17.0. The van der Waals surface area contributed by atoms with Gasteiger partial charge in [-0.3, -0.25) is 0 Å². The Hall–Kier alpha value is -2.82. The van der Waals surface area contributed by atoms with E-state index in [1.54, 1.807) is 20.8 Å². The summed E-state index contributed by atoms with van der Waals surface area (Å²) in [7, 11) is 0. The molecule has 0 aliphatic rings. The molecule has 0 heterocycles. The average Bonchev–Trinajstić information content (AvgIpc) is 2.66. The van der Waals surface area contributed by atoms with Gasteiger partial charge in [-0.15, -0.1) is 0 Å². The highest BCUT2D eigenvalue weighted by molar-refractivity contribution is 5.83. The summed E-state index contributed by atoms with van der Waals surface area (Å²) < 4.78 is 10.8. The van der Waals surface area contributed by atoms with Crippen molar-refractivity contribution in [1.29, 1.82) is 0 Å². The van der Waals surface area contributed by atoms with E-state index >= 15 is 0 Å². The van der Waals surface area contributed by atoms with E-state index in [1.165, 1.54) is 0 Å². The molecular weight excluding hydrogens is 354 g/mol. The largest absolute Gasteiger partial charge is 0.464 e. The number of esters is 1. The van der Waals surface area contributed by atoms with Gasteiger partial charge in [0.25, 0.3) is 0 Å². The second-order valence-corrected chi connectivity index (χ2v) is 7.59. The monoisotopic (exact) mass is 383 g/mol. The molecule has 150 valence electrons. The average molecular weight is 383 g/mol. The predicted molar refractivity (Wildman–Crippen MR) is 109 cm³/mol. The van der Waals surface area contributed by atoms with Crippen LogP contribution in [0.3, 0.4) is 0 Å². The highest BCUT2D eigenvalue weighted by Crippen LogP contribution is 2.29. The Bertz CT molecular complexity index is 714. The van der Waals surface area contributed by atoms with Crippen LogP contribution in [0.4, 0.5) is 4.79 Å². The molecule has 0 fully saturated rings. The number of alkyl carbamates (subject to hydrolysis) is 1. The van der Waals surface area contributed by atoms with Crippen LogP contribution in [0.25, 0.3) is 0 Å². The molecule has 5 nitrogen and oxygen atoms in total. The Kier molecular flexibility index (Phi) is 7.61. The van der Waals surface area contributed by atoms with Crippen LogP contribution in [-0.4, -0.2) is 30.3 Å². The summed E-state index contributed by atoms with van der Waals surface area (Å²) in [4.78, 5) is 25.4. The first-order valence-corrected chi connectivity index (χ1v) is 9.58. The van der Waals surface area contributed by atoms with Gasteiger partial charge in [0.2, 0.25) is 0 Å². The molecule has 1 unspecified atom stereocenters. The van der Waals surface area contributed by atoms with E-state index in [2.05, 4.69) is 5.32 Å². The van der Waals surface area contributed by atoms with E-state index in [4.69, 9.17) is 9.47 Å². The minimum absolute atomic E-state index is 0.293. The van der Waals surface area contributed by atoms with Crippen molar-refractivity contribution in [2.75, 3.05) is 6.61 Å². The Morgan fingerprint density at radius 3 is 1.86 bits per heavy atom. The predicted octanol–water partition coefficient (Wildman–Crippen LogP) is 4.67. The molecule has 0 bridgehead atoms. The maximum absolute atomic E-state index is 12.9. The zero-order valence-corrected chi connectivity index (χ0v) is 17.0. The third-order valence-corrected chi connectivity index (χ3v) is 4.03. The molecule has 5 heteroatoms. The molecular formula is C23H29NO4. The summed E-state index contributed by atoms with van der Waals surface area (Å²) in [5.41, 5.74) is 1.14. The van der Waals surface area contributed by atoms with Crippen molar-refractivity contribution in [2.24, 2.45) is 0 Å². The van der Waals surface area contributed by atoms with Crippen LogP contribution < -0.4 is 5.32 Å². The molecule has 1 amide bonds. The van der Waals surface area contributed by atoms with Crippen LogP contribution in [-0.2, 0) is 14.3 Å². The number of carbonyl (C=O) groups excluding carboxylic acids is 2. The Morgan fingerprint density at radius 2 is 1.43 bits per heavy atom. The lowest BCUT2D eigenvalue weighted by Crippen LogP contribution is -2.48. The van der Waals surface area contributed by atoms with E-state index in [1.807, 2.05) is 67.6 Å². The van der Waals surface area contributed by atoms with E-state index in [-0.39, 0.29) is 0 Å². The van der Waals surface area contributed by atoms with E-state index < -0.39 is 29.6 Å². The van der Waals surface area contributed by atoms with Crippen molar-refractivity contribution < 1.29 is 19.1 Å². The lowest BCUT2D eigenvalue weighted by atomic mass is 9.85. The summed E-state index contributed by atoms with van der Waals surface area (Å²) in [5.74, 6) is -0.885. The highest BCUT2D eigenvalue weighted by Gasteiger charge is 2.34. The van der Waals surface area contributed by atoms with Gasteiger partial charge in [-0.25, -0.2) is 9.59 Å². The minimum Gasteiger partial charge on any atom is -0.464 e. The molecule has 0 aliphatic carbocycles. The van der Waals surface area contributed by atoms with Gasteiger partial charge in [-0.2, -0.15) is 0 Å². The molecule has 1 atom stereocenters. The maximum atomic E-state index is 12.9. The maximum Gasteiger partial charge on any atom is 0.408 e. The number of carbonyl (C=O) groups is 2. The number of nitrogens with one attached hydrogen (secondary N) is 1. The molecule has 0 saturated carbocycles. The van der Waals surface area contributed by atoms with E-state index in [9.17, 15) is 9.59 Å². The summed E-state index contributed by atoms with van der Waals surface area (Å²) in [6, 6.07) is 18.3. The van der Waals surface area contributed by atoms with Crippen molar-refractivity contribution in [3.05, 3.63) is 71.8 Å². The summed E-state index contributed by atoms with van der Waals surface area (Å²) in [5, 5.41) is 2.74. The lowest BCUT2D eigenvalue weighted by Gasteiger charge is -2.29. The fourth-order valence-corrected chi connectivity index (χ4v) is 2.90. The van der Waals surface area contributed by atoms with Crippen LogP contribution in [0.15, 0.2) is 60.7 Å². The van der Waals surface area contributed by atoms with Gasteiger partial charge in [0.1, 0.15) is 11.6 Å². The Morgan fingerprint density at radius 1 is 0.929 bits per heavy atom. The molecule has 2 aromatic rings. The number of ether oxygens (including phenoxy) is 2. The van der Waals surface area contributed by atoms with Gasteiger partial charge in [-0.05, 0) is 38.3 Å². The fourth-order valence-electron chi connectivity index (χ4n) is 2.90. The van der Waals surface area contributed by atoms with Crippen LogP contribution in [0.5, 0.6) is 0 Å². The van der Waals surface area contributed by atoms with Crippen molar-refractivity contribution in [3.8, 4) is 0 Å². The van der Waals surface area contributed by atoms with Crippen molar-refractivity contribution in [3.63, 3.8) is 0 Å². The van der Waals surface area contributed by atoms with Gasteiger partial charge >= 0.3 is 12.1 Å². The van der Waals surface area contributed by atoms with Crippen LogP contribution in [0, 0.1) is 0 Å². The van der Waals surface area contributed by atoms with Crippen molar-refractivity contribution in [1.82, 2.24) is 5.32 Å². The molecule has 28 heavy (non-hydrogen) atoms. The zero-order chi connectivity index (χ0) is 20.6. The fraction of sp³-hybridized carbons (Fsp3) is 0.391. The SMILES string of the molecule is CCCOC(=O)C(NC(=O)OC(C)(C)C)C(c1ccccc1)c1ccccc1. The molecule has 0 radical (unpaired) electrons. The number of hydrogen-bond donors (Lipinski definition) is 1. The first-order chi connectivity index (χ1) is 13.3. The highest BCUT2D eigenvalue weighted by atomic mass is 16.6. The van der Waals surface area contributed by atoms with Gasteiger partial charge in [-0.1, -0.05) is 67.6 Å². The number of amides is 1.